The summed E-state index contributed by atoms with van der Waals surface area (Å²) in [6.45, 7) is 6.02. The maximum Gasteiger partial charge on any atom is 0.261 e. The molecule has 0 radical (unpaired) electrons. The SMILES string of the molecule is CCc1ccc(O[C@@H](CC)C(=O)N[C@@H](C)c2ccc(OC)cc2)cc1. The van der Waals surface area contributed by atoms with Gasteiger partial charge >= 0.3 is 0 Å². The lowest BCUT2D eigenvalue weighted by atomic mass is 10.1. The van der Waals surface area contributed by atoms with Crippen molar-refractivity contribution in [3.05, 3.63) is 59.7 Å². The van der Waals surface area contributed by atoms with Gasteiger partial charge in [0, 0.05) is 0 Å². The quantitative estimate of drug-likeness (QED) is 0.779. The molecule has 0 aliphatic carbocycles. The number of carbonyl (C=O) groups excluding carboxylic acids is 1. The lowest BCUT2D eigenvalue weighted by Gasteiger charge is -2.21. The predicted molar refractivity (Wildman–Crippen MR) is 100 cm³/mol. The normalized spacial score (nSPS) is 13.0. The molecule has 2 atom stereocenters. The zero-order valence-corrected chi connectivity index (χ0v) is 15.4. The fourth-order valence-corrected chi connectivity index (χ4v) is 2.57. The number of methoxy groups -OCH3 is 1. The molecule has 134 valence electrons. The van der Waals surface area contributed by atoms with Crippen LogP contribution in [-0.2, 0) is 11.2 Å². The van der Waals surface area contributed by atoms with E-state index in [2.05, 4.69) is 12.2 Å². The van der Waals surface area contributed by atoms with Gasteiger partial charge in [-0.3, -0.25) is 4.79 Å². The van der Waals surface area contributed by atoms with E-state index in [-0.39, 0.29) is 11.9 Å². The highest BCUT2D eigenvalue weighted by molar-refractivity contribution is 5.81. The fraction of sp³-hybridized carbons (Fsp3) is 0.381. The number of benzene rings is 2. The van der Waals surface area contributed by atoms with Gasteiger partial charge in [0.1, 0.15) is 11.5 Å². The van der Waals surface area contributed by atoms with Crippen molar-refractivity contribution >= 4 is 5.91 Å². The summed E-state index contributed by atoms with van der Waals surface area (Å²) < 4.78 is 11.0. The molecule has 0 bridgehead atoms. The Morgan fingerprint density at radius 1 is 1.00 bits per heavy atom. The van der Waals surface area contributed by atoms with E-state index in [1.165, 1.54) is 5.56 Å². The van der Waals surface area contributed by atoms with Crippen LogP contribution in [0.4, 0.5) is 0 Å². The van der Waals surface area contributed by atoms with E-state index in [4.69, 9.17) is 9.47 Å². The van der Waals surface area contributed by atoms with Crippen molar-refractivity contribution in [2.45, 2.75) is 45.8 Å². The predicted octanol–water partition coefficient (Wildman–Crippen LogP) is 4.29. The minimum atomic E-state index is -0.506. The zero-order valence-electron chi connectivity index (χ0n) is 15.4. The van der Waals surface area contributed by atoms with E-state index >= 15 is 0 Å². The Kier molecular flexibility index (Phi) is 6.87. The van der Waals surface area contributed by atoms with Crippen LogP contribution in [0.5, 0.6) is 11.5 Å². The number of hydrogen-bond donors (Lipinski definition) is 1. The Morgan fingerprint density at radius 2 is 1.60 bits per heavy atom. The molecule has 0 unspecified atom stereocenters. The van der Waals surface area contributed by atoms with E-state index < -0.39 is 6.10 Å². The molecule has 4 nitrogen and oxygen atoms in total. The Morgan fingerprint density at radius 3 is 2.12 bits per heavy atom. The third-order valence-corrected chi connectivity index (χ3v) is 4.25. The van der Waals surface area contributed by atoms with Gasteiger partial charge < -0.3 is 14.8 Å². The van der Waals surface area contributed by atoms with Gasteiger partial charge in [-0.25, -0.2) is 0 Å². The molecule has 0 heterocycles. The van der Waals surface area contributed by atoms with Crippen molar-refractivity contribution in [3.8, 4) is 11.5 Å². The average molecular weight is 341 g/mol. The van der Waals surface area contributed by atoms with Gasteiger partial charge in [-0.15, -0.1) is 0 Å². The van der Waals surface area contributed by atoms with Gasteiger partial charge in [0.15, 0.2) is 6.10 Å². The van der Waals surface area contributed by atoms with Crippen molar-refractivity contribution in [1.29, 1.82) is 0 Å². The maximum atomic E-state index is 12.5. The molecule has 0 aromatic heterocycles. The minimum absolute atomic E-state index is 0.0986. The van der Waals surface area contributed by atoms with Gasteiger partial charge in [0.05, 0.1) is 13.2 Å². The molecular formula is C21H27NO3. The number of ether oxygens (including phenoxy) is 2. The molecule has 0 aliphatic heterocycles. The Bertz CT molecular complexity index is 665. The van der Waals surface area contributed by atoms with E-state index in [0.29, 0.717) is 6.42 Å². The van der Waals surface area contributed by atoms with Crippen LogP contribution in [0.1, 0.15) is 44.4 Å². The third kappa shape index (κ3) is 5.24. The molecule has 0 fully saturated rings. The lowest BCUT2D eigenvalue weighted by Crippen LogP contribution is -2.39. The maximum absolute atomic E-state index is 12.5. The van der Waals surface area contributed by atoms with Crippen LogP contribution in [0.3, 0.4) is 0 Å². The van der Waals surface area contributed by atoms with Gasteiger partial charge in [0.25, 0.3) is 5.91 Å². The molecule has 0 saturated heterocycles. The van der Waals surface area contributed by atoms with E-state index in [9.17, 15) is 4.79 Å². The molecule has 2 rings (SSSR count). The second-order valence-corrected chi connectivity index (χ2v) is 6.02. The van der Waals surface area contributed by atoms with Crippen LogP contribution in [0, 0.1) is 0 Å². The lowest BCUT2D eigenvalue weighted by molar-refractivity contribution is -0.128. The van der Waals surface area contributed by atoms with Crippen LogP contribution >= 0.6 is 0 Å². The van der Waals surface area contributed by atoms with E-state index in [1.54, 1.807) is 7.11 Å². The first kappa shape index (κ1) is 18.8. The molecule has 2 aromatic rings. The van der Waals surface area contributed by atoms with Crippen molar-refractivity contribution in [2.75, 3.05) is 7.11 Å². The number of nitrogens with one attached hydrogen (secondary N) is 1. The van der Waals surface area contributed by atoms with Crippen LogP contribution in [0.25, 0.3) is 0 Å². The highest BCUT2D eigenvalue weighted by Crippen LogP contribution is 2.19. The number of amides is 1. The van der Waals surface area contributed by atoms with Crippen molar-refractivity contribution in [3.63, 3.8) is 0 Å². The second kappa shape index (κ2) is 9.11. The summed E-state index contributed by atoms with van der Waals surface area (Å²) in [5.74, 6) is 1.41. The topological polar surface area (TPSA) is 47.6 Å². The largest absolute Gasteiger partial charge is 0.497 e. The summed E-state index contributed by atoms with van der Waals surface area (Å²) >= 11 is 0. The highest BCUT2D eigenvalue weighted by atomic mass is 16.5. The van der Waals surface area contributed by atoms with Gasteiger partial charge in [0.2, 0.25) is 0 Å². The van der Waals surface area contributed by atoms with E-state index in [0.717, 1.165) is 23.5 Å². The van der Waals surface area contributed by atoms with Crippen molar-refractivity contribution < 1.29 is 14.3 Å². The summed E-state index contributed by atoms with van der Waals surface area (Å²) in [7, 11) is 1.64. The number of hydrogen-bond acceptors (Lipinski definition) is 3. The van der Waals surface area contributed by atoms with Crippen LogP contribution < -0.4 is 14.8 Å². The first-order valence-corrected chi connectivity index (χ1v) is 8.77. The molecule has 0 spiro atoms. The monoisotopic (exact) mass is 341 g/mol. The van der Waals surface area contributed by atoms with Crippen molar-refractivity contribution in [1.82, 2.24) is 5.32 Å². The Hall–Kier alpha value is -2.49. The van der Waals surface area contributed by atoms with Crippen LogP contribution in [0.2, 0.25) is 0 Å². The van der Waals surface area contributed by atoms with Crippen molar-refractivity contribution in [2.24, 2.45) is 0 Å². The Balaban J connectivity index is 1.97. The average Bonchev–Trinajstić information content (AvgIpc) is 2.66. The summed E-state index contributed by atoms with van der Waals surface area (Å²) in [6.07, 6.45) is 1.08. The van der Waals surface area contributed by atoms with Gasteiger partial charge in [-0.1, -0.05) is 38.1 Å². The minimum Gasteiger partial charge on any atom is -0.497 e. The molecular weight excluding hydrogens is 314 g/mol. The molecule has 4 heteroatoms. The number of carbonyl (C=O) groups is 1. The molecule has 1 amide bonds. The van der Waals surface area contributed by atoms with E-state index in [1.807, 2.05) is 62.4 Å². The third-order valence-electron chi connectivity index (χ3n) is 4.25. The van der Waals surface area contributed by atoms with Crippen LogP contribution in [-0.4, -0.2) is 19.1 Å². The molecule has 0 aliphatic rings. The summed E-state index contributed by atoms with van der Waals surface area (Å²) in [5.41, 5.74) is 2.27. The zero-order chi connectivity index (χ0) is 18.2. The highest BCUT2D eigenvalue weighted by Gasteiger charge is 2.20. The van der Waals surface area contributed by atoms with Gasteiger partial charge in [-0.2, -0.15) is 0 Å². The first-order valence-electron chi connectivity index (χ1n) is 8.77. The summed E-state index contributed by atoms with van der Waals surface area (Å²) in [4.78, 5) is 12.5. The first-order chi connectivity index (χ1) is 12.1. The standard InChI is InChI=1S/C21H27NO3/c1-5-16-7-11-19(12-8-16)25-20(6-2)21(23)22-15(3)17-9-13-18(24-4)14-10-17/h7-15,20H,5-6H2,1-4H3,(H,22,23)/t15-,20-/m0/s1. The smallest absolute Gasteiger partial charge is 0.261 e. The summed E-state index contributed by atoms with van der Waals surface area (Å²) in [6, 6.07) is 15.5. The fourth-order valence-electron chi connectivity index (χ4n) is 2.57. The summed E-state index contributed by atoms with van der Waals surface area (Å²) in [5, 5.41) is 3.02. The number of aryl methyl sites for hydroxylation is 1. The number of rotatable bonds is 8. The van der Waals surface area contributed by atoms with Crippen LogP contribution in [0.15, 0.2) is 48.5 Å². The molecule has 2 aromatic carbocycles. The second-order valence-electron chi connectivity index (χ2n) is 6.02. The van der Waals surface area contributed by atoms with Gasteiger partial charge in [-0.05, 0) is 55.2 Å². The Labute approximate surface area is 150 Å². The molecule has 1 N–H and O–H groups in total. The molecule has 25 heavy (non-hydrogen) atoms. The molecule has 0 saturated carbocycles.